The van der Waals surface area contributed by atoms with E-state index in [0.717, 1.165) is 48.9 Å². The first-order valence-electron chi connectivity index (χ1n) is 10.2. The maximum atomic E-state index is 10.6. The summed E-state index contributed by atoms with van der Waals surface area (Å²) in [6, 6.07) is 6.11. The van der Waals surface area contributed by atoms with Crippen LogP contribution in [0.5, 0.6) is 0 Å². The molecule has 2 aromatic rings. The van der Waals surface area contributed by atoms with E-state index in [1.165, 1.54) is 6.42 Å². The number of ether oxygens (including phenoxy) is 2. The molecule has 0 saturated carbocycles. The molecule has 4 heterocycles. The Labute approximate surface area is 188 Å². The lowest BCUT2D eigenvalue weighted by atomic mass is 9.89. The second-order valence-corrected chi connectivity index (χ2v) is 8.99. The highest BCUT2D eigenvalue weighted by Gasteiger charge is 2.44. The first kappa shape index (κ1) is 24.6. The van der Waals surface area contributed by atoms with Crippen molar-refractivity contribution in [2.75, 3.05) is 19.7 Å². The monoisotopic (exact) mass is 473 g/mol. The molecule has 1 spiro atoms. The number of aryl methyl sites for hydroxylation is 1. The van der Waals surface area contributed by atoms with Crippen LogP contribution in [-0.2, 0) is 27.4 Å². The van der Waals surface area contributed by atoms with Crippen molar-refractivity contribution in [1.29, 1.82) is 0 Å². The minimum absolute atomic E-state index is 0.0459. The van der Waals surface area contributed by atoms with Gasteiger partial charge in [0.2, 0.25) is 0 Å². The van der Waals surface area contributed by atoms with Crippen LogP contribution < -0.4 is 0 Å². The number of likely N-dealkylation sites (tertiary alicyclic amines) is 1. The van der Waals surface area contributed by atoms with Gasteiger partial charge in [0.15, 0.2) is 0 Å². The maximum absolute atomic E-state index is 10.6. The maximum Gasteiger partial charge on any atom is 0.490 e. The molecule has 0 aliphatic carbocycles. The molecule has 2 fully saturated rings. The average Bonchev–Trinajstić information content (AvgIpc) is 3.33. The number of piperidine rings is 1. The Morgan fingerprint density at radius 1 is 1.41 bits per heavy atom. The third kappa shape index (κ3) is 7.22. The molecular formula is C21H26F3N3O4S. The number of nitrogens with zero attached hydrogens (tertiary/aromatic N) is 3. The number of thiazole rings is 1. The second kappa shape index (κ2) is 10.7. The molecule has 0 radical (unpaired) electrons. The number of pyridine rings is 1. The molecule has 7 nitrogen and oxygen atoms in total. The van der Waals surface area contributed by atoms with Gasteiger partial charge in [-0.1, -0.05) is 6.07 Å². The number of carboxylic acids is 1. The van der Waals surface area contributed by atoms with Crippen LogP contribution in [0.2, 0.25) is 0 Å². The molecule has 2 aliphatic rings. The van der Waals surface area contributed by atoms with Crippen molar-refractivity contribution < 1.29 is 32.5 Å². The quantitative estimate of drug-likeness (QED) is 0.707. The van der Waals surface area contributed by atoms with E-state index in [-0.39, 0.29) is 11.7 Å². The van der Waals surface area contributed by atoms with E-state index < -0.39 is 12.1 Å². The van der Waals surface area contributed by atoms with Crippen molar-refractivity contribution in [3.8, 4) is 0 Å². The number of carbonyl (C=O) groups is 1. The van der Waals surface area contributed by atoms with E-state index in [9.17, 15) is 13.2 Å². The van der Waals surface area contributed by atoms with Gasteiger partial charge in [-0.05, 0) is 38.4 Å². The Hall–Kier alpha value is -2.08. The van der Waals surface area contributed by atoms with Gasteiger partial charge in [-0.3, -0.25) is 9.88 Å². The zero-order valence-corrected chi connectivity index (χ0v) is 18.5. The smallest absolute Gasteiger partial charge is 0.475 e. The first-order chi connectivity index (χ1) is 15.2. The number of hydrogen-bond donors (Lipinski definition) is 1. The summed E-state index contributed by atoms with van der Waals surface area (Å²) in [5, 5.41) is 10.3. The van der Waals surface area contributed by atoms with Crippen molar-refractivity contribution in [2.45, 2.75) is 57.2 Å². The van der Waals surface area contributed by atoms with Crippen LogP contribution in [0.4, 0.5) is 13.2 Å². The van der Waals surface area contributed by atoms with Crippen molar-refractivity contribution in [3.63, 3.8) is 0 Å². The van der Waals surface area contributed by atoms with Crippen LogP contribution in [0, 0.1) is 6.92 Å². The number of halogens is 3. The van der Waals surface area contributed by atoms with Crippen molar-refractivity contribution >= 4 is 17.3 Å². The fourth-order valence-corrected chi connectivity index (χ4v) is 4.52. The van der Waals surface area contributed by atoms with Gasteiger partial charge in [-0.25, -0.2) is 9.78 Å². The first-order valence-corrected chi connectivity index (χ1v) is 11.1. The number of aliphatic carboxylic acids is 1. The van der Waals surface area contributed by atoms with Gasteiger partial charge in [0.25, 0.3) is 0 Å². The van der Waals surface area contributed by atoms with Crippen LogP contribution in [0.3, 0.4) is 0 Å². The highest BCUT2D eigenvalue weighted by Crippen LogP contribution is 2.36. The Bertz CT molecular complexity index is 881. The third-order valence-corrected chi connectivity index (χ3v) is 6.10. The van der Waals surface area contributed by atoms with Gasteiger partial charge in [0, 0.05) is 31.1 Å². The Morgan fingerprint density at radius 2 is 2.19 bits per heavy atom. The highest BCUT2D eigenvalue weighted by atomic mass is 32.1. The van der Waals surface area contributed by atoms with E-state index in [0.29, 0.717) is 13.2 Å². The SMILES string of the molecule is Cc1nc(CO[C@H]2CO[C@@]3(CCCN(Cc4ccccn4)C3)C2)cs1.O=C(O)C(F)(F)F. The predicted molar refractivity (Wildman–Crippen MR) is 111 cm³/mol. The molecule has 1 N–H and O–H groups in total. The van der Waals surface area contributed by atoms with Gasteiger partial charge in [0.1, 0.15) is 0 Å². The van der Waals surface area contributed by atoms with Gasteiger partial charge < -0.3 is 14.6 Å². The van der Waals surface area contributed by atoms with Crippen molar-refractivity contribution in [2.24, 2.45) is 0 Å². The van der Waals surface area contributed by atoms with Crippen LogP contribution in [-0.4, -0.2) is 63.5 Å². The second-order valence-electron chi connectivity index (χ2n) is 7.93. The Balaban J connectivity index is 0.000000360. The number of rotatable bonds is 5. The highest BCUT2D eigenvalue weighted by molar-refractivity contribution is 7.09. The molecule has 11 heteroatoms. The lowest BCUT2D eigenvalue weighted by Gasteiger charge is -2.39. The summed E-state index contributed by atoms with van der Waals surface area (Å²) in [7, 11) is 0. The van der Waals surface area contributed by atoms with E-state index in [1.54, 1.807) is 11.3 Å². The lowest BCUT2D eigenvalue weighted by Crippen LogP contribution is -2.47. The molecular weight excluding hydrogens is 447 g/mol. The third-order valence-electron chi connectivity index (χ3n) is 5.28. The summed E-state index contributed by atoms with van der Waals surface area (Å²) in [6.45, 7) is 6.30. The molecule has 2 saturated heterocycles. The van der Waals surface area contributed by atoms with E-state index in [4.69, 9.17) is 19.4 Å². The standard InChI is InChI=1S/C19H25N3O2S.C2HF3O2/c1-15-21-17(13-25-15)11-23-18-9-19(24-12-18)6-4-8-22(14-19)10-16-5-2-3-7-20-16;3-2(4,5)1(6)7/h2-3,5,7,13,18H,4,6,8-12,14H2,1H3;(H,6,7)/t18-,19+;/m1./s1. The molecule has 2 atom stereocenters. The van der Waals surface area contributed by atoms with Crippen LogP contribution in [0.15, 0.2) is 29.8 Å². The van der Waals surface area contributed by atoms with Crippen LogP contribution in [0.1, 0.15) is 35.7 Å². The Morgan fingerprint density at radius 3 is 2.81 bits per heavy atom. The predicted octanol–water partition coefficient (Wildman–Crippen LogP) is 3.82. The lowest BCUT2D eigenvalue weighted by molar-refractivity contribution is -0.192. The summed E-state index contributed by atoms with van der Waals surface area (Å²) >= 11 is 1.67. The van der Waals surface area contributed by atoms with Gasteiger partial charge >= 0.3 is 12.1 Å². The van der Waals surface area contributed by atoms with Crippen molar-refractivity contribution in [1.82, 2.24) is 14.9 Å². The van der Waals surface area contributed by atoms with E-state index >= 15 is 0 Å². The molecule has 2 aromatic heterocycles. The van der Waals surface area contributed by atoms with Gasteiger partial charge in [-0.15, -0.1) is 11.3 Å². The minimum atomic E-state index is -5.08. The summed E-state index contributed by atoms with van der Waals surface area (Å²) in [4.78, 5) is 20.3. The average molecular weight is 474 g/mol. The molecule has 0 amide bonds. The largest absolute Gasteiger partial charge is 0.490 e. The summed E-state index contributed by atoms with van der Waals surface area (Å²) in [6.07, 6.45) is 0.239. The molecule has 176 valence electrons. The zero-order valence-electron chi connectivity index (χ0n) is 17.7. The number of aromatic nitrogens is 2. The molecule has 0 bridgehead atoms. The van der Waals surface area contributed by atoms with Crippen LogP contribution in [0.25, 0.3) is 0 Å². The molecule has 0 unspecified atom stereocenters. The van der Waals surface area contributed by atoms with E-state index in [2.05, 4.69) is 32.4 Å². The van der Waals surface area contributed by atoms with Gasteiger partial charge in [0.05, 0.1) is 41.3 Å². The topological polar surface area (TPSA) is 84.8 Å². The fourth-order valence-electron chi connectivity index (χ4n) is 3.92. The summed E-state index contributed by atoms with van der Waals surface area (Å²) in [5.41, 5.74) is 2.11. The summed E-state index contributed by atoms with van der Waals surface area (Å²) < 4.78 is 44.1. The summed E-state index contributed by atoms with van der Waals surface area (Å²) in [5.74, 6) is -2.76. The van der Waals surface area contributed by atoms with Crippen LogP contribution >= 0.6 is 11.3 Å². The van der Waals surface area contributed by atoms with E-state index in [1.807, 2.05) is 19.2 Å². The normalized spacial score (nSPS) is 23.7. The number of hydrogen-bond acceptors (Lipinski definition) is 7. The number of carboxylic acid groups (broad SMARTS) is 1. The van der Waals surface area contributed by atoms with Gasteiger partial charge in [-0.2, -0.15) is 13.2 Å². The zero-order chi connectivity index (χ0) is 23.2. The fraction of sp³-hybridized carbons (Fsp3) is 0.571. The molecule has 0 aromatic carbocycles. The minimum Gasteiger partial charge on any atom is -0.475 e. The Kier molecular flexibility index (Phi) is 8.21. The number of alkyl halides is 3. The molecule has 2 aliphatic heterocycles. The molecule has 32 heavy (non-hydrogen) atoms. The molecule has 4 rings (SSSR count). The van der Waals surface area contributed by atoms with Crippen molar-refractivity contribution in [3.05, 3.63) is 46.2 Å².